The van der Waals surface area contributed by atoms with Crippen molar-refractivity contribution in [1.29, 1.82) is 0 Å². The van der Waals surface area contributed by atoms with E-state index >= 15 is 0 Å². The van der Waals surface area contributed by atoms with Crippen LogP contribution in [-0.4, -0.2) is 35.2 Å². The molecule has 0 radical (unpaired) electrons. The molecule has 4 heteroatoms. The Morgan fingerprint density at radius 3 is 2.83 bits per heavy atom. The number of benzene rings is 1. The molecule has 0 aliphatic carbocycles. The van der Waals surface area contributed by atoms with Gasteiger partial charge in [0.05, 0.1) is 5.52 Å². The zero-order chi connectivity index (χ0) is 16.4. The summed E-state index contributed by atoms with van der Waals surface area (Å²) in [5.41, 5.74) is 4.75. The molecule has 1 atom stereocenters. The highest BCUT2D eigenvalue weighted by Crippen LogP contribution is 2.25. The number of hydrogen-bond donors (Lipinski definition) is 0. The Labute approximate surface area is 137 Å². The second kappa shape index (κ2) is 6.57. The lowest BCUT2D eigenvalue weighted by Crippen LogP contribution is -2.35. The van der Waals surface area contributed by atoms with Crippen molar-refractivity contribution >= 4 is 17.0 Å². The van der Waals surface area contributed by atoms with Gasteiger partial charge in [-0.3, -0.25) is 4.98 Å². The van der Waals surface area contributed by atoms with E-state index in [9.17, 15) is 4.79 Å². The maximum absolute atomic E-state index is 12.3. The number of aromatic nitrogens is 1. The zero-order valence-corrected chi connectivity index (χ0v) is 14.1. The van der Waals surface area contributed by atoms with Crippen molar-refractivity contribution in [3.8, 4) is 0 Å². The van der Waals surface area contributed by atoms with E-state index in [4.69, 9.17) is 9.72 Å². The van der Waals surface area contributed by atoms with Gasteiger partial charge in [-0.1, -0.05) is 25.1 Å². The summed E-state index contributed by atoms with van der Waals surface area (Å²) in [6, 6.07) is 8.25. The van der Waals surface area contributed by atoms with Gasteiger partial charge >= 0.3 is 6.09 Å². The Kier molecular flexibility index (Phi) is 4.51. The van der Waals surface area contributed by atoms with Crippen LogP contribution in [0.4, 0.5) is 4.79 Å². The van der Waals surface area contributed by atoms with Crippen molar-refractivity contribution in [1.82, 2.24) is 9.88 Å². The second-order valence-corrected chi connectivity index (χ2v) is 6.27. The van der Waals surface area contributed by atoms with Crippen LogP contribution in [0.25, 0.3) is 10.9 Å². The lowest BCUT2D eigenvalue weighted by Gasteiger charge is -2.22. The third-order valence-electron chi connectivity index (χ3n) is 4.75. The first-order chi connectivity index (χ1) is 11.1. The van der Waals surface area contributed by atoms with Crippen LogP contribution in [0.2, 0.25) is 0 Å². The molecule has 0 N–H and O–H groups in total. The lowest BCUT2D eigenvalue weighted by molar-refractivity contribution is 0.0696. The Hall–Kier alpha value is -2.10. The maximum atomic E-state index is 12.3. The van der Waals surface area contributed by atoms with Gasteiger partial charge in [-0.05, 0) is 43.9 Å². The fourth-order valence-corrected chi connectivity index (χ4v) is 3.13. The predicted octanol–water partition coefficient (Wildman–Crippen LogP) is 3.88. The molecule has 0 spiro atoms. The van der Waals surface area contributed by atoms with Crippen molar-refractivity contribution in [3.63, 3.8) is 0 Å². The molecule has 1 amide bonds. The topological polar surface area (TPSA) is 42.4 Å². The summed E-state index contributed by atoms with van der Waals surface area (Å²) in [6.07, 6.45) is 2.24. The van der Waals surface area contributed by atoms with E-state index in [1.54, 1.807) is 0 Å². The van der Waals surface area contributed by atoms with E-state index in [0.717, 1.165) is 30.5 Å². The van der Waals surface area contributed by atoms with Gasteiger partial charge in [0.15, 0.2) is 0 Å². The number of rotatable bonds is 2. The quantitative estimate of drug-likeness (QED) is 0.845. The summed E-state index contributed by atoms with van der Waals surface area (Å²) in [4.78, 5) is 18.9. The molecule has 1 unspecified atom stereocenters. The molecule has 0 saturated heterocycles. The fraction of sp³-hybridized carbons (Fsp3) is 0.474. The van der Waals surface area contributed by atoms with Crippen LogP contribution in [0.15, 0.2) is 24.3 Å². The first-order valence-corrected chi connectivity index (χ1v) is 8.42. The van der Waals surface area contributed by atoms with Gasteiger partial charge < -0.3 is 9.64 Å². The van der Waals surface area contributed by atoms with Crippen LogP contribution in [0.5, 0.6) is 0 Å². The first kappa shape index (κ1) is 15.8. The molecule has 1 aliphatic rings. The van der Waals surface area contributed by atoms with E-state index in [1.165, 1.54) is 16.5 Å². The Morgan fingerprint density at radius 1 is 1.30 bits per heavy atom. The minimum atomic E-state index is -0.200. The third kappa shape index (κ3) is 3.16. The van der Waals surface area contributed by atoms with Crippen molar-refractivity contribution < 1.29 is 9.53 Å². The van der Waals surface area contributed by atoms with Gasteiger partial charge in [-0.25, -0.2) is 4.79 Å². The minimum Gasteiger partial charge on any atom is -0.446 e. The number of carbonyl (C=O) groups is 1. The molecule has 2 heterocycles. The van der Waals surface area contributed by atoms with E-state index in [2.05, 4.69) is 25.1 Å². The van der Waals surface area contributed by atoms with Gasteiger partial charge in [-0.15, -0.1) is 0 Å². The zero-order valence-electron chi connectivity index (χ0n) is 14.1. The third-order valence-corrected chi connectivity index (χ3v) is 4.75. The molecule has 1 aromatic heterocycles. The molecule has 0 saturated carbocycles. The smallest absolute Gasteiger partial charge is 0.410 e. The Balaban J connectivity index is 1.84. The number of ether oxygens (including phenoxy) is 1. The standard InChI is InChI=1S/C19H24N2O2/c1-4-13(2)23-19(22)21-11-9-16-14(3)15-7-5-6-8-17(15)20-18(16)10-12-21/h5-8,13H,4,9-12H2,1-3H3. The number of nitrogens with zero attached hydrogens (tertiary/aromatic N) is 2. The average Bonchev–Trinajstić information content (AvgIpc) is 2.78. The summed E-state index contributed by atoms with van der Waals surface area (Å²) in [6.45, 7) is 7.49. The van der Waals surface area contributed by atoms with E-state index in [-0.39, 0.29) is 12.2 Å². The van der Waals surface area contributed by atoms with Crippen LogP contribution in [0.3, 0.4) is 0 Å². The molecule has 0 fully saturated rings. The number of para-hydroxylation sites is 1. The summed E-state index contributed by atoms with van der Waals surface area (Å²) < 4.78 is 5.47. The van der Waals surface area contributed by atoms with Gasteiger partial charge in [-0.2, -0.15) is 0 Å². The molecule has 1 aliphatic heterocycles. The number of carbonyl (C=O) groups excluding carboxylic acids is 1. The highest BCUT2D eigenvalue weighted by Gasteiger charge is 2.23. The molecule has 4 nitrogen and oxygen atoms in total. The summed E-state index contributed by atoms with van der Waals surface area (Å²) in [7, 11) is 0. The van der Waals surface area contributed by atoms with Gasteiger partial charge in [0.1, 0.15) is 6.10 Å². The van der Waals surface area contributed by atoms with Crippen molar-refractivity contribution in [3.05, 3.63) is 41.1 Å². The number of hydrogen-bond acceptors (Lipinski definition) is 3. The summed E-state index contributed by atoms with van der Waals surface area (Å²) in [5, 5.41) is 1.21. The Bertz CT molecular complexity index is 727. The van der Waals surface area contributed by atoms with Crippen LogP contribution in [0.1, 0.15) is 37.1 Å². The van der Waals surface area contributed by atoms with Gasteiger partial charge in [0, 0.05) is 30.6 Å². The number of fused-ring (bicyclic) bond motifs is 2. The number of aryl methyl sites for hydroxylation is 1. The van der Waals surface area contributed by atoms with Crippen molar-refractivity contribution in [2.24, 2.45) is 0 Å². The highest BCUT2D eigenvalue weighted by molar-refractivity contribution is 5.83. The molecule has 0 bridgehead atoms. The SMILES string of the molecule is CCC(C)OC(=O)N1CCc2nc3ccccc3c(C)c2CC1. The lowest BCUT2D eigenvalue weighted by atomic mass is 9.99. The maximum Gasteiger partial charge on any atom is 0.410 e. The fourth-order valence-electron chi connectivity index (χ4n) is 3.13. The molecular weight excluding hydrogens is 288 g/mol. The van der Waals surface area contributed by atoms with Crippen LogP contribution >= 0.6 is 0 Å². The molecule has 122 valence electrons. The predicted molar refractivity (Wildman–Crippen MR) is 91.7 cm³/mol. The molecule has 1 aromatic carbocycles. The number of pyridine rings is 1. The van der Waals surface area contributed by atoms with Crippen molar-refractivity contribution in [2.45, 2.75) is 46.1 Å². The van der Waals surface area contributed by atoms with E-state index in [0.29, 0.717) is 13.1 Å². The van der Waals surface area contributed by atoms with E-state index in [1.807, 2.05) is 24.8 Å². The normalized spacial score (nSPS) is 15.9. The number of amides is 1. The summed E-state index contributed by atoms with van der Waals surface area (Å²) in [5.74, 6) is 0. The molecule has 3 rings (SSSR count). The van der Waals surface area contributed by atoms with E-state index < -0.39 is 0 Å². The minimum absolute atomic E-state index is 0.0319. The molecule has 2 aromatic rings. The van der Waals surface area contributed by atoms with Crippen LogP contribution in [-0.2, 0) is 17.6 Å². The highest BCUT2D eigenvalue weighted by atomic mass is 16.6. The molecular formula is C19H24N2O2. The first-order valence-electron chi connectivity index (χ1n) is 8.42. The van der Waals surface area contributed by atoms with Gasteiger partial charge in [0.25, 0.3) is 0 Å². The van der Waals surface area contributed by atoms with Gasteiger partial charge in [0.2, 0.25) is 0 Å². The van der Waals surface area contributed by atoms with Crippen molar-refractivity contribution in [2.75, 3.05) is 13.1 Å². The van der Waals surface area contributed by atoms with Crippen LogP contribution < -0.4 is 0 Å². The Morgan fingerprint density at radius 2 is 2.04 bits per heavy atom. The average molecular weight is 312 g/mol. The van der Waals surface area contributed by atoms with Crippen LogP contribution in [0, 0.1) is 6.92 Å². The second-order valence-electron chi connectivity index (χ2n) is 6.27. The monoisotopic (exact) mass is 312 g/mol. The molecule has 23 heavy (non-hydrogen) atoms. The largest absolute Gasteiger partial charge is 0.446 e. The summed E-state index contributed by atoms with van der Waals surface area (Å²) >= 11 is 0.